The molecule has 0 atom stereocenters. The zero-order valence-electron chi connectivity index (χ0n) is 9.83. The Hall–Kier alpha value is -0.830. The van der Waals surface area contributed by atoms with Gasteiger partial charge in [0.15, 0.2) is 0 Å². The molecule has 1 aromatic heterocycles. The van der Waals surface area contributed by atoms with Crippen molar-refractivity contribution in [3.8, 4) is 0 Å². The maximum Gasteiger partial charge on any atom is 0.221 e. The molecule has 84 valence electrons. The van der Waals surface area contributed by atoms with Gasteiger partial charge in [-0.3, -0.25) is 4.79 Å². The molecule has 1 aromatic rings. The fourth-order valence-electron chi connectivity index (χ4n) is 1.56. The molecule has 1 heterocycles. The zero-order valence-corrected chi connectivity index (χ0v) is 10.6. The Morgan fingerprint density at radius 3 is 2.33 bits per heavy atom. The minimum absolute atomic E-state index is 0.245. The highest BCUT2D eigenvalue weighted by atomic mass is 32.1. The van der Waals surface area contributed by atoms with Crippen LogP contribution in [0.15, 0.2) is 6.07 Å². The number of rotatable bonds is 4. The van der Waals surface area contributed by atoms with Crippen LogP contribution in [-0.2, 0) is 11.2 Å². The van der Waals surface area contributed by atoms with Crippen LogP contribution < -0.4 is 5.73 Å². The van der Waals surface area contributed by atoms with Crippen molar-refractivity contribution in [3.05, 3.63) is 21.4 Å². The lowest BCUT2D eigenvalue weighted by Gasteiger charge is -2.04. The average Bonchev–Trinajstić information content (AvgIpc) is 2.46. The fraction of sp³-hybridized carbons (Fsp3) is 0.583. The molecule has 0 aromatic carbocycles. The van der Waals surface area contributed by atoms with Gasteiger partial charge in [0, 0.05) is 9.75 Å². The van der Waals surface area contributed by atoms with Crippen LogP contribution in [0.2, 0.25) is 0 Å². The summed E-state index contributed by atoms with van der Waals surface area (Å²) >= 11 is 1.81. The van der Waals surface area contributed by atoms with E-state index in [1.54, 1.807) is 0 Å². The Morgan fingerprint density at radius 2 is 1.93 bits per heavy atom. The second-order valence-corrected chi connectivity index (χ2v) is 5.61. The predicted octanol–water partition coefficient (Wildman–Crippen LogP) is 3.02. The van der Waals surface area contributed by atoms with Crippen molar-refractivity contribution in [2.24, 2.45) is 5.73 Å². The van der Waals surface area contributed by atoms with E-state index in [4.69, 9.17) is 5.73 Å². The summed E-state index contributed by atoms with van der Waals surface area (Å²) in [6.07, 6.45) is 0.372. The summed E-state index contributed by atoms with van der Waals surface area (Å²) in [5.41, 5.74) is 6.36. The van der Waals surface area contributed by atoms with E-state index in [0.717, 1.165) is 5.56 Å². The number of hydrogen-bond donors (Lipinski definition) is 1. The van der Waals surface area contributed by atoms with E-state index in [9.17, 15) is 4.79 Å². The van der Waals surface area contributed by atoms with Gasteiger partial charge in [-0.15, -0.1) is 11.3 Å². The van der Waals surface area contributed by atoms with E-state index in [2.05, 4.69) is 33.8 Å². The number of carbonyl (C=O) groups is 1. The number of hydrogen-bond acceptors (Lipinski definition) is 2. The first-order valence-electron chi connectivity index (χ1n) is 5.32. The molecule has 3 heteroatoms. The van der Waals surface area contributed by atoms with Crippen molar-refractivity contribution in [2.75, 3.05) is 0 Å². The van der Waals surface area contributed by atoms with Gasteiger partial charge in [-0.05, 0) is 23.5 Å². The SMILES string of the molecule is CC(C)c1cc(CC(N)=O)c(C(C)C)s1. The standard InChI is InChI=1S/C12H19NOS/c1-7(2)10-5-9(6-11(13)14)12(15-10)8(3)4/h5,7-8H,6H2,1-4H3,(H2,13,14). The summed E-state index contributed by atoms with van der Waals surface area (Å²) in [5, 5.41) is 0. The van der Waals surface area contributed by atoms with Crippen molar-refractivity contribution in [3.63, 3.8) is 0 Å². The smallest absolute Gasteiger partial charge is 0.221 e. The number of primary amides is 1. The van der Waals surface area contributed by atoms with Gasteiger partial charge in [-0.25, -0.2) is 0 Å². The molecule has 1 rings (SSSR count). The Kier molecular flexibility index (Phi) is 3.91. The van der Waals surface area contributed by atoms with Crippen molar-refractivity contribution < 1.29 is 4.79 Å². The molecule has 0 unspecified atom stereocenters. The largest absolute Gasteiger partial charge is 0.369 e. The third kappa shape index (κ3) is 3.06. The quantitative estimate of drug-likeness (QED) is 0.841. The Balaban J connectivity index is 3.05. The summed E-state index contributed by atoms with van der Waals surface area (Å²) in [5.74, 6) is 0.746. The number of nitrogens with two attached hydrogens (primary N) is 1. The Labute approximate surface area is 95.5 Å². The van der Waals surface area contributed by atoms with Gasteiger partial charge in [0.25, 0.3) is 0 Å². The summed E-state index contributed by atoms with van der Waals surface area (Å²) in [4.78, 5) is 13.6. The second-order valence-electron chi connectivity index (χ2n) is 4.49. The Morgan fingerprint density at radius 1 is 1.33 bits per heavy atom. The van der Waals surface area contributed by atoms with Crippen LogP contribution in [0.4, 0.5) is 0 Å². The zero-order chi connectivity index (χ0) is 11.6. The van der Waals surface area contributed by atoms with Gasteiger partial charge in [-0.2, -0.15) is 0 Å². The highest BCUT2D eigenvalue weighted by Gasteiger charge is 2.15. The molecule has 2 N–H and O–H groups in total. The average molecular weight is 225 g/mol. The van der Waals surface area contributed by atoms with E-state index in [1.807, 2.05) is 11.3 Å². The predicted molar refractivity (Wildman–Crippen MR) is 65.4 cm³/mol. The molecular weight excluding hydrogens is 206 g/mol. The molecule has 0 radical (unpaired) electrons. The monoisotopic (exact) mass is 225 g/mol. The molecule has 0 bridgehead atoms. The van der Waals surface area contributed by atoms with Crippen molar-refractivity contribution >= 4 is 17.2 Å². The summed E-state index contributed by atoms with van der Waals surface area (Å²) in [7, 11) is 0. The maximum atomic E-state index is 10.9. The number of thiophene rings is 1. The van der Waals surface area contributed by atoms with Gasteiger partial charge in [0.2, 0.25) is 5.91 Å². The van der Waals surface area contributed by atoms with E-state index in [0.29, 0.717) is 18.3 Å². The van der Waals surface area contributed by atoms with Crippen LogP contribution in [0.5, 0.6) is 0 Å². The van der Waals surface area contributed by atoms with Crippen LogP contribution in [0.1, 0.15) is 54.8 Å². The summed E-state index contributed by atoms with van der Waals surface area (Å²) < 4.78 is 0. The molecule has 1 amide bonds. The van der Waals surface area contributed by atoms with E-state index in [1.165, 1.54) is 9.75 Å². The highest BCUT2D eigenvalue weighted by Crippen LogP contribution is 2.33. The second kappa shape index (κ2) is 4.79. The van der Waals surface area contributed by atoms with Gasteiger partial charge >= 0.3 is 0 Å². The topological polar surface area (TPSA) is 43.1 Å². The van der Waals surface area contributed by atoms with Crippen LogP contribution in [0, 0.1) is 0 Å². The molecule has 15 heavy (non-hydrogen) atoms. The Bertz CT molecular complexity index is 353. The highest BCUT2D eigenvalue weighted by molar-refractivity contribution is 7.12. The fourth-order valence-corrected chi connectivity index (χ4v) is 2.75. The molecule has 0 saturated carbocycles. The van der Waals surface area contributed by atoms with Crippen molar-refractivity contribution in [1.82, 2.24) is 0 Å². The van der Waals surface area contributed by atoms with Gasteiger partial charge in [0.05, 0.1) is 6.42 Å². The van der Waals surface area contributed by atoms with Gasteiger partial charge in [-0.1, -0.05) is 27.7 Å². The molecule has 0 saturated heterocycles. The normalized spacial score (nSPS) is 11.3. The molecule has 0 spiro atoms. The van der Waals surface area contributed by atoms with E-state index in [-0.39, 0.29) is 5.91 Å². The maximum absolute atomic E-state index is 10.9. The van der Waals surface area contributed by atoms with Gasteiger partial charge in [0.1, 0.15) is 0 Å². The lowest BCUT2D eigenvalue weighted by atomic mass is 10.0. The van der Waals surface area contributed by atoms with Crippen LogP contribution in [-0.4, -0.2) is 5.91 Å². The third-order valence-corrected chi connectivity index (χ3v) is 4.10. The molecular formula is C12H19NOS. The summed E-state index contributed by atoms with van der Waals surface area (Å²) in [6, 6.07) is 2.13. The van der Waals surface area contributed by atoms with Gasteiger partial charge < -0.3 is 5.73 Å². The first-order chi connectivity index (χ1) is 6.91. The van der Waals surface area contributed by atoms with Crippen LogP contribution in [0.3, 0.4) is 0 Å². The first-order valence-corrected chi connectivity index (χ1v) is 6.14. The molecule has 0 fully saturated rings. The molecule has 2 nitrogen and oxygen atoms in total. The van der Waals surface area contributed by atoms with E-state index >= 15 is 0 Å². The van der Waals surface area contributed by atoms with Crippen molar-refractivity contribution in [2.45, 2.75) is 46.0 Å². The minimum Gasteiger partial charge on any atom is -0.369 e. The lowest BCUT2D eigenvalue weighted by Crippen LogP contribution is -2.14. The molecule has 0 aliphatic heterocycles. The first kappa shape index (κ1) is 12.2. The molecule has 0 aliphatic rings. The van der Waals surface area contributed by atoms with E-state index < -0.39 is 0 Å². The lowest BCUT2D eigenvalue weighted by molar-refractivity contribution is -0.117. The van der Waals surface area contributed by atoms with Crippen LogP contribution in [0.25, 0.3) is 0 Å². The number of amides is 1. The van der Waals surface area contributed by atoms with Crippen molar-refractivity contribution in [1.29, 1.82) is 0 Å². The van der Waals surface area contributed by atoms with Crippen LogP contribution >= 0.6 is 11.3 Å². The summed E-state index contributed by atoms with van der Waals surface area (Å²) in [6.45, 7) is 8.65. The minimum atomic E-state index is -0.245. The number of carbonyl (C=O) groups excluding carboxylic acids is 1. The molecule has 0 aliphatic carbocycles. The third-order valence-electron chi connectivity index (χ3n) is 2.32.